The monoisotopic (exact) mass is 335 g/mol. The molecule has 5 nitrogen and oxygen atoms in total. The van der Waals surface area contributed by atoms with Crippen LogP contribution in [0.4, 0.5) is 0 Å². The van der Waals surface area contributed by atoms with Crippen molar-refractivity contribution in [2.24, 2.45) is 5.41 Å². The van der Waals surface area contributed by atoms with Crippen LogP contribution in [0.2, 0.25) is 0 Å². The summed E-state index contributed by atoms with van der Waals surface area (Å²) in [5.74, 6) is -0.944. The first-order chi connectivity index (χ1) is 10.5. The molecule has 0 bridgehead atoms. The highest BCUT2D eigenvalue weighted by Gasteiger charge is 2.41. The fourth-order valence-corrected chi connectivity index (χ4v) is 5.39. The molecule has 0 atom stereocenters. The van der Waals surface area contributed by atoms with Gasteiger partial charge in [0.1, 0.15) is 0 Å². The van der Waals surface area contributed by atoms with E-state index in [-0.39, 0.29) is 16.5 Å². The maximum Gasteiger partial charge on any atom is 0.356 e. The first-order valence-electron chi connectivity index (χ1n) is 7.93. The smallest absolute Gasteiger partial charge is 0.356 e. The van der Waals surface area contributed by atoms with Crippen LogP contribution in [0.15, 0.2) is 0 Å². The van der Waals surface area contributed by atoms with E-state index in [4.69, 9.17) is 0 Å². The minimum Gasteiger partial charge on any atom is -0.476 e. The van der Waals surface area contributed by atoms with Gasteiger partial charge in [-0.05, 0) is 32.4 Å². The Morgan fingerprint density at radius 3 is 2.57 bits per heavy atom. The maximum atomic E-state index is 11.6. The van der Waals surface area contributed by atoms with Crippen molar-refractivity contribution >= 4 is 22.3 Å². The van der Waals surface area contributed by atoms with Crippen molar-refractivity contribution < 1.29 is 9.90 Å². The van der Waals surface area contributed by atoms with Crippen molar-refractivity contribution in [3.05, 3.63) is 22.0 Å². The molecule has 1 aliphatic carbocycles. The number of nitrogens with zero attached hydrogens (tertiary/aromatic N) is 3. The lowest BCUT2D eigenvalue weighted by Crippen LogP contribution is -2.34. The Labute approximate surface area is 140 Å². The number of aromatic carboxylic acids is 1. The molecule has 2 aromatic rings. The standard InChI is InChI=1S/C17H25N3O2S/c1-16(2)7-10-13(17(3,4)9-16)23-15-18-12(14(21)22)11(20(10)15)8-19(5)6/h7-9H2,1-6H3,(H,21,22). The molecule has 0 saturated heterocycles. The number of imidazole rings is 1. The van der Waals surface area contributed by atoms with Crippen molar-refractivity contribution in [2.75, 3.05) is 14.1 Å². The van der Waals surface area contributed by atoms with Crippen LogP contribution in [0.1, 0.15) is 60.9 Å². The number of rotatable bonds is 3. The van der Waals surface area contributed by atoms with Crippen LogP contribution < -0.4 is 0 Å². The van der Waals surface area contributed by atoms with Crippen molar-refractivity contribution in [1.29, 1.82) is 0 Å². The minimum atomic E-state index is -0.944. The van der Waals surface area contributed by atoms with Gasteiger partial charge in [-0.2, -0.15) is 0 Å². The van der Waals surface area contributed by atoms with Gasteiger partial charge in [-0.25, -0.2) is 9.78 Å². The van der Waals surface area contributed by atoms with E-state index in [2.05, 4.69) is 37.1 Å². The van der Waals surface area contributed by atoms with Gasteiger partial charge in [0.05, 0.1) is 5.69 Å². The van der Waals surface area contributed by atoms with Gasteiger partial charge in [-0.1, -0.05) is 27.7 Å². The van der Waals surface area contributed by atoms with Crippen molar-refractivity contribution in [3.8, 4) is 0 Å². The van der Waals surface area contributed by atoms with Crippen LogP contribution in [-0.4, -0.2) is 39.5 Å². The summed E-state index contributed by atoms with van der Waals surface area (Å²) in [6, 6.07) is 0. The molecule has 1 N–H and O–H groups in total. The minimum absolute atomic E-state index is 0.0984. The quantitative estimate of drug-likeness (QED) is 0.934. The van der Waals surface area contributed by atoms with Gasteiger partial charge in [0.25, 0.3) is 0 Å². The molecule has 23 heavy (non-hydrogen) atoms. The summed E-state index contributed by atoms with van der Waals surface area (Å²) in [5, 5.41) is 9.52. The van der Waals surface area contributed by atoms with Gasteiger partial charge in [0.2, 0.25) is 0 Å². The van der Waals surface area contributed by atoms with E-state index in [1.807, 2.05) is 19.0 Å². The zero-order valence-corrected chi connectivity index (χ0v) is 15.5. The molecule has 1 aliphatic rings. The van der Waals surface area contributed by atoms with E-state index in [1.165, 1.54) is 10.6 Å². The van der Waals surface area contributed by atoms with Gasteiger partial charge in [0.15, 0.2) is 10.7 Å². The Bertz CT molecular complexity index is 783. The average molecular weight is 335 g/mol. The van der Waals surface area contributed by atoms with E-state index in [9.17, 15) is 9.90 Å². The van der Waals surface area contributed by atoms with Crippen LogP contribution in [0.25, 0.3) is 4.96 Å². The third kappa shape index (κ3) is 2.68. The maximum absolute atomic E-state index is 11.6. The summed E-state index contributed by atoms with van der Waals surface area (Å²) >= 11 is 1.66. The van der Waals surface area contributed by atoms with Gasteiger partial charge in [-0.15, -0.1) is 11.3 Å². The normalized spacial score (nSPS) is 19.3. The van der Waals surface area contributed by atoms with Crippen molar-refractivity contribution in [1.82, 2.24) is 14.3 Å². The SMILES string of the molecule is CN(C)Cc1c(C(=O)O)nc2sc3c(n12)CC(C)(C)CC3(C)C. The van der Waals surface area contributed by atoms with E-state index in [1.54, 1.807) is 11.3 Å². The predicted molar refractivity (Wildman–Crippen MR) is 92.5 cm³/mol. The molecule has 0 amide bonds. The molecule has 0 saturated carbocycles. The third-order valence-corrected chi connectivity index (χ3v) is 5.97. The second-order valence-corrected chi connectivity index (χ2v) is 9.33. The summed E-state index contributed by atoms with van der Waals surface area (Å²) in [6.45, 7) is 9.73. The molecule has 0 fully saturated rings. The molecule has 0 aromatic carbocycles. The third-order valence-electron chi connectivity index (χ3n) is 4.52. The summed E-state index contributed by atoms with van der Waals surface area (Å²) in [5.41, 5.74) is 2.54. The number of carbonyl (C=O) groups is 1. The number of hydrogen-bond acceptors (Lipinski definition) is 4. The number of hydrogen-bond donors (Lipinski definition) is 1. The van der Waals surface area contributed by atoms with E-state index in [0.717, 1.165) is 23.5 Å². The Kier molecular flexibility index (Phi) is 3.61. The molecule has 0 radical (unpaired) electrons. The lowest BCUT2D eigenvalue weighted by atomic mass is 9.67. The Morgan fingerprint density at radius 2 is 2.00 bits per heavy atom. The number of thiazole rings is 1. The molecule has 2 aromatic heterocycles. The second kappa shape index (κ2) is 5.05. The predicted octanol–water partition coefficient (Wildman–Crippen LogP) is 3.41. The average Bonchev–Trinajstić information content (AvgIpc) is 2.85. The highest BCUT2D eigenvalue weighted by atomic mass is 32.1. The van der Waals surface area contributed by atoms with Crippen molar-refractivity contribution in [2.45, 2.75) is 52.5 Å². The number of carboxylic acid groups (broad SMARTS) is 1. The fourth-order valence-electron chi connectivity index (χ4n) is 4.13. The van der Waals surface area contributed by atoms with Crippen LogP contribution in [0, 0.1) is 5.41 Å². The fraction of sp³-hybridized carbons (Fsp3) is 0.647. The molecule has 3 rings (SSSR count). The van der Waals surface area contributed by atoms with Crippen LogP contribution in [0.5, 0.6) is 0 Å². The van der Waals surface area contributed by atoms with Crippen LogP contribution >= 0.6 is 11.3 Å². The Morgan fingerprint density at radius 1 is 1.35 bits per heavy atom. The number of fused-ring (bicyclic) bond motifs is 3. The molecule has 2 heterocycles. The molecule has 0 aliphatic heterocycles. The van der Waals surface area contributed by atoms with Crippen molar-refractivity contribution in [3.63, 3.8) is 0 Å². The Balaban J connectivity index is 2.30. The summed E-state index contributed by atoms with van der Waals surface area (Å²) in [4.78, 5) is 20.2. The second-order valence-electron chi connectivity index (χ2n) is 8.35. The van der Waals surface area contributed by atoms with E-state index < -0.39 is 5.97 Å². The van der Waals surface area contributed by atoms with Gasteiger partial charge >= 0.3 is 5.97 Å². The summed E-state index contributed by atoms with van der Waals surface area (Å²) in [6.07, 6.45) is 2.09. The largest absolute Gasteiger partial charge is 0.476 e. The summed E-state index contributed by atoms with van der Waals surface area (Å²) in [7, 11) is 3.91. The molecule has 6 heteroatoms. The van der Waals surface area contributed by atoms with Gasteiger partial charge in [-0.3, -0.25) is 4.40 Å². The first-order valence-corrected chi connectivity index (χ1v) is 8.75. The topological polar surface area (TPSA) is 57.8 Å². The van der Waals surface area contributed by atoms with Crippen LogP contribution in [0.3, 0.4) is 0 Å². The lowest BCUT2D eigenvalue weighted by Gasteiger charge is -2.40. The zero-order chi connectivity index (χ0) is 17.2. The van der Waals surface area contributed by atoms with E-state index >= 15 is 0 Å². The summed E-state index contributed by atoms with van der Waals surface area (Å²) < 4.78 is 2.12. The Hall–Kier alpha value is -1.40. The zero-order valence-electron chi connectivity index (χ0n) is 14.7. The number of carboxylic acids is 1. The molecular weight excluding hydrogens is 310 g/mol. The lowest BCUT2D eigenvalue weighted by molar-refractivity contribution is 0.0689. The highest BCUT2D eigenvalue weighted by molar-refractivity contribution is 7.17. The number of aromatic nitrogens is 2. The van der Waals surface area contributed by atoms with E-state index in [0.29, 0.717) is 6.54 Å². The molecule has 0 unspecified atom stereocenters. The van der Waals surface area contributed by atoms with Crippen LogP contribution in [-0.2, 0) is 18.4 Å². The molecular formula is C17H25N3O2S. The molecule has 0 spiro atoms. The van der Waals surface area contributed by atoms with Gasteiger partial charge < -0.3 is 10.0 Å². The van der Waals surface area contributed by atoms with Gasteiger partial charge in [0, 0.05) is 22.5 Å². The molecule has 126 valence electrons. The first kappa shape index (κ1) is 16.5. The highest BCUT2D eigenvalue weighted by Crippen LogP contribution is 2.49.